The summed E-state index contributed by atoms with van der Waals surface area (Å²) in [5, 5.41) is 0. The second-order valence-electron chi connectivity index (χ2n) is 4.22. The van der Waals surface area contributed by atoms with Gasteiger partial charge in [0, 0.05) is 32.7 Å². The van der Waals surface area contributed by atoms with Crippen molar-refractivity contribution in [1.29, 1.82) is 0 Å². The maximum Gasteiger partial charge on any atom is 0 e. The van der Waals surface area contributed by atoms with Gasteiger partial charge in [0.05, 0.1) is 0 Å². The Labute approximate surface area is 129 Å². The minimum absolute atomic E-state index is 0. The van der Waals surface area contributed by atoms with Gasteiger partial charge in [-0.2, -0.15) is 0 Å². The largest absolute Gasteiger partial charge is 0.358 e. The van der Waals surface area contributed by atoms with Gasteiger partial charge >= 0.3 is 0 Å². The van der Waals surface area contributed by atoms with Crippen molar-refractivity contribution in [2.45, 2.75) is 41.0 Å². The zero-order chi connectivity index (χ0) is 10.3. The van der Waals surface area contributed by atoms with Crippen LogP contribution < -0.4 is 0 Å². The van der Waals surface area contributed by atoms with Gasteiger partial charge in [0.25, 0.3) is 0 Å². The third-order valence-electron chi connectivity index (χ3n) is 1.58. The minimum Gasteiger partial charge on any atom is -0.358 e. The summed E-state index contributed by atoms with van der Waals surface area (Å²) < 4.78 is 0. The first-order valence-electron chi connectivity index (χ1n) is 5.12. The average Bonchev–Trinajstić information content (AvgIpc) is 2.07. The van der Waals surface area contributed by atoms with E-state index >= 15 is 0 Å². The molecule has 0 saturated carbocycles. The van der Waals surface area contributed by atoms with Crippen LogP contribution in [0.3, 0.4) is 0 Å². The Morgan fingerprint density at radius 2 is 1.25 bits per heavy atom. The van der Waals surface area contributed by atoms with Gasteiger partial charge in [-0.3, -0.25) is 0 Å². The molecule has 0 atom stereocenters. The molecule has 0 spiro atoms. The van der Waals surface area contributed by atoms with Crippen molar-refractivity contribution in [3.8, 4) is 0 Å². The fourth-order valence-electron chi connectivity index (χ4n) is 1.21. The first-order valence-corrected chi connectivity index (χ1v) is 5.12. The molecular weight excluding hydrogens is 269 g/mol. The van der Waals surface area contributed by atoms with Crippen LogP contribution in [0.4, 0.5) is 0 Å². The van der Waals surface area contributed by atoms with Gasteiger partial charge in [-0.1, -0.05) is 65.0 Å². The Morgan fingerprint density at radius 3 is 1.56 bits per heavy atom. The molecule has 0 aliphatic heterocycles. The van der Waals surface area contributed by atoms with Crippen LogP contribution in [-0.4, -0.2) is 0 Å². The van der Waals surface area contributed by atoms with Gasteiger partial charge in [-0.25, -0.2) is 0 Å². The molecule has 1 rings (SSSR count). The van der Waals surface area contributed by atoms with Crippen LogP contribution in [0.5, 0.6) is 0 Å². The van der Waals surface area contributed by atoms with E-state index in [4.69, 9.17) is 0 Å². The predicted molar refractivity (Wildman–Crippen MR) is 73.8 cm³/mol. The van der Waals surface area contributed by atoms with Crippen LogP contribution in [0.1, 0.15) is 40.2 Å². The van der Waals surface area contributed by atoms with E-state index < -0.39 is 0 Å². The fourth-order valence-corrected chi connectivity index (χ4v) is 1.21. The molecule has 0 aliphatic carbocycles. The molecule has 0 aromatic heterocycles. The molecule has 0 N–H and O–H groups in total. The molecule has 0 aliphatic rings. The average molecular weight is 297 g/mol. The van der Waals surface area contributed by atoms with Crippen molar-refractivity contribution in [1.82, 2.24) is 0 Å². The second-order valence-corrected chi connectivity index (χ2v) is 4.22. The summed E-state index contributed by atoms with van der Waals surface area (Å²) >= 11 is 0. The molecule has 1 heteroatoms. The molecule has 0 nitrogen and oxygen atoms in total. The summed E-state index contributed by atoms with van der Waals surface area (Å²) in [6.45, 7) is 10.8. The molecule has 1 radical (unpaired) electrons. The fraction of sp³-hybridized carbons (Fsp3) is 0.467. The van der Waals surface area contributed by atoms with Crippen LogP contribution in [0.25, 0.3) is 0 Å². The molecule has 93 valence electrons. The molecule has 0 amide bonds. The van der Waals surface area contributed by atoms with Crippen molar-refractivity contribution in [2.24, 2.45) is 5.41 Å². The van der Waals surface area contributed by atoms with Crippen LogP contribution in [0, 0.1) is 20.3 Å². The minimum atomic E-state index is 0. The summed E-state index contributed by atoms with van der Waals surface area (Å²) in [6.07, 6.45) is 1.16. The molecule has 16 heavy (non-hydrogen) atoms. The maximum absolute atomic E-state index is 2.26. The smallest absolute Gasteiger partial charge is 0 e. The van der Waals surface area contributed by atoms with Crippen molar-refractivity contribution < 1.29 is 32.7 Å². The standard InChI is InChI=1S/C11H16.C2H6.2CH3.Y/c1-11(2,3)9-10-7-5-4-6-8-10;1-2;;;/h4-8H,9H2,1-3H3;1-2H3;2*1H3;/q;;2*-1;. The van der Waals surface area contributed by atoms with Gasteiger partial charge in [0.1, 0.15) is 0 Å². The van der Waals surface area contributed by atoms with Crippen LogP contribution in [0.2, 0.25) is 0 Å². The van der Waals surface area contributed by atoms with Gasteiger partial charge in [-0.15, -0.1) is 0 Å². The Bertz CT molecular complexity index is 209. The van der Waals surface area contributed by atoms with E-state index in [1.165, 1.54) is 5.56 Å². The second kappa shape index (κ2) is 13.4. The van der Waals surface area contributed by atoms with E-state index in [1.807, 2.05) is 13.8 Å². The zero-order valence-corrected chi connectivity index (χ0v) is 15.0. The topological polar surface area (TPSA) is 0 Å². The summed E-state index contributed by atoms with van der Waals surface area (Å²) in [7, 11) is 0. The number of benzene rings is 1. The van der Waals surface area contributed by atoms with Crippen LogP contribution in [0.15, 0.2) is 30.3 Å². The molecule has 0 bridgehead atoms. The molecular formula is C15H28Y-2. The maximum atomic E-state index is 2.26. The summed E-state index contributed by atoms with van der Waals surface area (Å²) in [4.78, 5) is 0. The van der Waals surface area contributed by atoms with E-state index in [0.717, 1.165) is 6.42 Å². The summed E-state index contributed by atoms with van der Waals surface area (Å²) in [6, 6.07) is 10.6. The molecule has 0 saturated heterocycles. The number of rotatable bonds is 1. The van der Waals surface area contributed by atoms with E-state index in [2.05, 4.69) is 51.1 Å². The van der Waals surface area contributed by atoms with E-state index in [0.29, 0.717) is 5.41 Å². The predicted octanol–water partition coefficient (Wildman–Crippen LogP) is 5.20. The molecule has 1 aromatic carbocycles. The molecule has 0 unspecified atom stereocenters. The first-order chi connectivity index (χ1) is 6.08. The van der Waals surface area contributed by atoms with Gasteiger partial charge in [0.15, 0.2) is 0 Å². The number of hydrogen-bond acceptors (Lipinski definition) is 0. The van der Waals surface area contributed by atoms with Crippen LogP contribution >= 0.6 is 0 Å². The first kappa shape index (κ1) is 25.2. The van der Waals surface area contributed by atoms with Crippen molar-refractivity contribution in [3.05, 3.63) is 50.7 Å². The third-order valence-corrected chi connectivity index (χ3v) is 1.58. The van der Waals surface area contributed by atoms with Crippen LogP contribution in [-0.2, 0) is 39.1 Å². The molecule has 0 fully saturated rings. The third kappa shape index (κ3) is 14.3. The van der Waals surface area contributed by atoms with Crippen molar-refractivity contribution >= 4 is 0 Å². The Balaban J connectivity index is -0.000000136. The zero-order valence-electron chi connectivity index (χ0n) is 12.2. The Kier molecular flexibility index (Phi) is 21.1. The summed E-state index contributed by atoms with van der Waals surface area (Å²) in [5.41, 5.74) is 1.83. The SMILES string of the molecule is CC.CC(C)(C)Cc1ccccc1.[CH3-].[CH3-].[Y]. The van der Waals surface area contributed by atoms with Gasteiger partial charge < -0.3 is 14.9 Å². The van der Waals surface area contributed by atoms with E-state index in [1.54, 1.807) is 0 Å². The van der Waals surface area contributed by atoms with Crippen molar-refractivity contribution in [3.63, 3.8) is 0 Å². The van der Waals surface area contributed by atoms with E-state index in [9.17, 15) is 0 Å². The number of hydrogen-bond donors (Lipinski definition) is 0. The normalized spacial score (nSPS) is 8.31. The Morgan fingerprint density at radius 1 is 0.875 bits per heavy atom. The molecule has 1 aromatic rings. The monoisotopic (exact) mass is 297 g/mol. The van der Waals surface area contributed by atoms with Gasteiger partial charge in [-0.05, 0) is 17.4 Å². The van der Waals surface area contributed by atoms with Gasteiger partial charge in [0.2, 0.25) is 0 Å². The quantitative estimate of drug-likeness (QED) is 0.625. The molecule has 0 heterocycles. The summed E-state index contributed by atoms with van der Waals surface area (Å²) in [5.74, 6) is 0. The Hall–Kier alpha value is 0.324. The van der Waals surface area contributed by atoms with Crippen molar-refractivity contribution in [2.75, 3.05) is 0 Å². The van der Waals surface area contributed by atoms with E-state index in [-0.39, 0.29) is 47.6 Å².